The molecular formula is C21H22N2O4S. The zero-order chi connectivity index (χ0) is 19.9. The van der Waals surface area contributed by atoms with Crippen LogP contribution in [0.3, 0.4) is 0 Å². The number of ether oxygens (including phenoxy) is 3. The average Bonchev–Trinajstić information content (AvgIpc) is 3.17. The molecule has 0 bridgehead atoms. The fourth-order valence-corrected chi connectivity index (χ4v) is 3.55. The van der Waals surface area contributed by atoms with Crippen molar-refractivity contribution < 1.29 is 19.0 Å². The molecule has 1 heterocycles. The second kappa shape index (κ2) is 9.23. The van der Waals surface area contributed by atoms with Crippen LogP contribution >= 0.6 is 11.3 Å². The zero-order valence-electron chi connectivity index (χ0n) is 16.0. The van der Waals surface area contributed by atoms with E-state index in [-0.39, 0.29) is 12.3 Å². The van der Waals surface area contributed by atoms with E-state index in [4.69, 9.17) is 14.2 Å². The van der Waals surface area contributed by atoms with Crippen LogP contribution in [0.15, 0.2) is 47.8 Å². The van der Waals surface area contributed by atoms with Crippen LogP contribution in [0.5, 0.6) is 17.2 Å². The van der Waals surface area contributed by atoms with Crippen LogP contribution in [-0.4, -0.2) is 31.7 Å². The topological polar surface area (TPSA) is 69.7 Å². The van der Waals surface area contributed by atoms with Gasteiger partial charge >= 0.3 is 0 Å². The van der Waals surface area contributed by atoms with Crippen LogP contribution in [0.25, 0.3) is 10.6 Å². The Kier molecular flexibility index (Phi) is 6.49. The van der Waals surface area contributed by atoms with Crippen molar-refractivity contribution in [3.63, 3.8) is 0 Å². The molecule has 0 unspecified atom stereocenters. The molecule has 1 amide bonds. The molecule has 0 saturated heterocycles. The van der Waals surface area contributed by atoms with E-state index in [9.17, 15) is 4.79 Å². The number of methoxy groups -OCH3 is 2. The van der Waals surface area contributed by atoms with Gasteiger partial charge in [-0.05, 0) is 31.2 Å². The van der Waals surface area contributed by atoms with Crippen LogP contribution in [0, 0.1) is 0 Å². The molecule has 6 nitrogen and oxygen atoms in total. The van der Waals surface area contributed by atoms with E-state index in [2.05, 4.69) is 10.3 Å². The second-order valence-corrected chi connectivity index (χ2v) is 6.72. The van der Waals surface area contributed by atoms with Gasteiger partial charge in [0, 0.05) is 11.4 Å². The first kappa shape index (κ1) is 19.7. The van der Waals surface area contributed by atoms with E-state index >= 15 is 0 Å². The summed E-state index contributed by atoms with van der Waals surface area (Å²) in [6.07, 6.45) is 0.169. The summed E-state index contributed by atoms with van der Waals surface area (Å²) in [5, 5.41) is 5.58. The third-order valence-corrected chi connectivity index (χ3v) is 4.92. The van der Waals surface area contributed by atoms with Gasteiger partial charge in [0.1, 0.15) is 22.3 Å². The average molecular weight is 398 g/mol. The molecule has 0 saturated carbocycles. The molecule has 3 aromatic rings. The van der Waals surface area contributed by atoms with Gasteiger partial charge in [-0.3, -0.25) is 4.79 Å². The lowest BCUT2D eigenvalue weighted by atomic mass is 10.2. The quantitative estimate of drug-likeness (QED) is 0.609. The Labute approximate surface area is 168 Å². The normalized spacial score (nSPS) is 10.4. The predicted molar refractivity (Wildman–Crippen MR) is 111 cm³/mol. The molecule has 0 atom stereocenters. The van der Waals surface area contributed by atoms with Crippen molar-refractivity contribution in [2.45, 2.75) is 13.3 Å². The van der Waals surface area contributed by atoms with Gasteiger partial charge in [0.15, 0.2) is 0 Å². The summed E-state index contributed by atoms with van der Waals surface area (Å²) in [6, 6.07) is 13.0. The molecule has 0 aliphatic heterocycles. The number of carbonyl (C=O) groups excluding carboxylic acids is 1. The molecule has 28 heavy (non-hydrogen) atoms. The first-order valence-corrected chi connectivity index (χ1v) is 9.71. The fraction of sp³-hybridized carbons (Fsp3) is 0.238. The van der Waals surface area contributed by atoms with Crippen molar-refractivity contribution in [2.75, 3.05) is 26.1 Å². The predicted octanol–water partition coefficient (Wildman–Crippen LogP) is 4.41. The molecule has 0 fully saturated rings. The van der Waals surface area contributed by atoms with Gasteiger partial charge in [0.25, 0.3) is 0 Å². The number of para-hydroxylation sites is 1. The van der Waals surface area contributed by atoms with Crippen molar-refractivity contribution in [3.05, 3.63) is 53.5 Å². The van der Waals surface area contributed by atoms with Crippen molar-refractivity contribution in [3.8, 4) is 27.8 Å². The number of anilines is 1. The molecule has 3 rings (SSSR count). The number of benzene rings is 2. The molecule has 0 aliphatic carbocycles. The second-order valence-electron chi connectivity index (χ2n) is 5.86. The Morgan fingerprint density at radius 2 is 1.93 bits per heavy atom. The molecule has 1 aromatic heterocycles. The van der Waals surface area contributed by atoms with Crippen LogP contribution in [-0.2, 0) is 11.2 Å². The minimum Gasteiger partial charge on any atom is -0.497 e. The number of amides is 1. The molecule has 0 radical (unpaired) electrons. The number of carbonyl (C=O) groups is 1. The van der Waals surface area contributed by atoms with Crippen LogP contribution in [0.1, 0.15) is 12.6 Å². The van der Waals surface area contributed by atoms with E-state index in [1.54, 1.807) is 32.4 Å². The molecule has 2 aromatic carbocycles. The summed E-state index contributed by atoms with van der Waals surface area (Å²) in [6.45, 7) is 2.53. The monoisotopic (exact) mass is 398 g/mol. The van der Waals surface area contributed by atoms with E-state index in [0.29, 0.717) is 29.5 Å². The summed E-state index contributed by atoms with van der Waals surface area (Å²) in [7, 11) is 3.13. The van der Waals surface area contributed by atoms with Gasteiger partial charge in [-0.15, -0.1) is 11.3 Å². The van der Waals surface area contributed by atoms with Gasteiger partial charge in [-0.1, -0.05) is 12.1 Å². The van der Waals surface area contributed by atoms with E-state index in [0.717, 1.165) is 16.3 Å². The number of hydrogen-bond acceptors (Lipinski definition) is 6. The summed E-state index contributed by atoms with van der Waals surface area (Å²) in [5.74, 6) is 1.82. The standard InChI is InChI=1S/C21H22N2O4S/c1-4-27-18-8-6-5-7-16(18)21-22-14(13-28-21)11-20(24)23-17-10-9-15(25-2)12-19(17)26-3/h5-10,12-13H,4,11H2,1-3H3,(H,23,24). The molecule has 0 aliphatic rings. The Bertz CT molecular complexity index is 955. The minimum atomic E-state index is -0.168. The first-order valence-electron chi connectivity index (χ1n) is 8.83. The summed E-state index contributed by atoms with van der Waals surface area (Å²) in [4.78, 5) is 17.1. The minimum absolute atomic E-state index is 0.168. The van der Waals surface area contributed by atoms with Gasteiger partial charge in [0.05, 0.1) is 44.2 Å². The zero-order valence-corrected chi connectivity index (χ0v) is 16.8. The Balaban J connectivity index is 1.71. The van der Waals surface area contributed by atoms with E-state index < -0.39 is 0 Å². The van der Waals surface area contributed by atoms with Crippen LogP contribution in [0.2, 0.25) is 0 Å². The number of nitrogens with one attached hydrogen (secondary N) is 1. The lowest BCUT2D eigenvalue weighted by molar-refractivity contribution is -0.115. The van der Waals surface area contributed by atoms with E-state index in [1.807, 2.05) is 36.6 Å². The van der Waals surface area contributed by atoms with E-state index in [1.165, 1.54) is 11.3 Å². The number of aromatic nitrogens is 1. The maximum absolute atomic E-state index is 12.5. The molecule has 0 spiro atoms. The highest BCUT2D eigenvalue weighted by Gasteiger charge is 2.14. The van der Waals surface area contributed by atoms with Crippen molar-refractivity contribution in [1.82, 2.24) is 4.98 Å². The number of rotatable bonds is 8. The molecule has 7 heteroatoms. The highest BCUT2D eigenvalue weighted by molar-refractivity contribution is 7.13. The molecule has 146 valence electrons. The SMILES string of the molecule is CCOc1ccccc1-c1nc(CC(=O)Nc2ccc(OC)cc2OC)cs1. The van der Waals surface area contributed by atoms with Crippen LogP contribution < -0.4 is 19.5 Å². The smallest absolute Gasteiger partial charge is 0.230 e. The third-order valence-electron chi connectivity index (χ3n) is 3.99. The summed E-state index contributed by atoms with van der Waals surface area (Å²) >= 11 is 1.49. The lowest BCUT2D eigenvalue weighted by Gasteiger charge is -2.11. The number of thiazole rings is 1. The van der Waals surface area contributed by atoms with Crippen LogP contribution in [0.4, 0.5) is 5.69 Å². The highest BCUT2D eigenvalue weighted by atomic mass is 32.1. The maximum atomic E-state index is 12.5. The molecular weight excluding hydrogens is 376 g/mol. The number of nitrogens with zero attached hydrogens (tertiary/aromatic N) is 1. The van der Waals surface area contributed by atoms with Gasteiger partial charge < -0.3 is 19.5 Å². The largest absolute Gasteiger partial charge is 0.497 e. The maximum Gasteiger partial charge on any atom is 0.230 e. The van der Waals surface area contributed by atoms with Gasteiger partial charge in [0.2, 0.25) is 5.91 Å². The number of hydrogen-bond donors (Lipinski definition) is 1. The van der Waals surface area contributed by atoms with Crippen molar-refractivity contribution in [1.29, 1.82) is 0 Å². The highest BCUT2D eigenvalue weighted by Crippen LogP contribution is 2.33. The lowest BCUT2D eigenvalue weighted by Crippen LogP contribution is -2.15. The fourth-order valence-electron chi connectivity index (χ4n) is 2.70. The first-order chi connectivity index (χ1) is 13.6. The van der Waals surface area contributed by atoms with Crippen molar-refractivity contribution in [2.24, 2.45) is 0 Å². The Hall–Kier alpha value is -3.06. The summed E-state index contributed by atoms with van der Waals surface area (Å²) in [5.41, 5.74) is 2.22. The Morgan fingerprint density at radius 3 is 2.68 bits per heavy atom. The van der Waals surface area contributed by atoms with Gasteiger partial charge in [-0.25, -0.2) is 4.98 Å². The van der Waals surface area contributed by atoms with Gasteiger partial charge in [-0.2, -0.15) is 0 Å². The Morgan fingerprint density at radius 1 is 1.11 bits per heavy atom. The third kappa shape index (κ3) is 4.61. The molecule has 1 N–H and O–H groups in total. The van der Waals surface area contributed by atoms with Crippen molar-refractivity contribution >= 4 is 22.9 Å². The summed E-state index contributed by atoms with van der Waals surface area (Å²) < 4.78 is 16.2.